The van der Waals surface area contributed by atoms with Crippen molar-refractivity contribution in [1.82, 2.24) is 4.98 Å². The van der Waals surface area contributed by atoms with Gasteiger partial charge in [0.1, 0.15) is 10.4 Å². The molecule has 1 aromatic carbocycles. The molecule has 0 atom stereocenters. The van der Waals surface area contributed by atoms with E-state index in [4.69, 9.17) is 4.74 Å². The minimum atomic E-state index is 0.802. The summed E-state index contributed by atoms with van der Waals surface area (Å²) >= 11 is 3.41. The lowest BCUT2D eigenvalue weighted by molar-refractivity contribution is 0.357. The monoisotopic (exact) mass is 318 g/mol. The molecular weight excluding hydrogens is 304 g/mol. The molecular formula is C15H15BrN2O. The van der Waals surface area contributed by atoms with Gasteiger partial charge < -0.3 is 10.1 Å². The molecule has 2 heterocycles. The fourth-order valence-corrected chi connectivity index (χ4v) is 2.43. The molecule has 19 heavy (non-hydrogen) atoms. The van der Waals surface area contributed by atoms with Gasteiger partial charge in [-0.3, -0.25) is 0 Å². The summed E-state index contributed by atoms with van der Waals surface area (Å²) in [6.45, 7) is 3.65. The predicted octanol–water partition coefficient (Wildman–Crippen LogP) is 3.70. The molecule has 4 heteroatoms. The second-order valence-corrected chi connectivity index (χ2v) is 5.48. The Hall–Kier alpha value is -1.55. The molecule has 1 aromatic heterocycles. The summed E-state index contributed by atoms with van der Waals surface area (Å²) in [5.74, 6) is 1.03. The zero-order chi connectivity index (χ0) is 13.2. The lowest BCUT2D eigenvalue weighted by Gasteiger charge is -2.08. The van der Waals surface area contributed by atoms with Crippen LogP contribution in [0.1, 0.15) is 16.7 Å². The van der Waals surface area contributed by atoms with Gasteiger partial charge in [-0.05, 0) is 51.7 Å². The van der Waals surface area contributed by atoms with Gasteiger partial charge >= 0.3 is 0 Å². The highest BCUT2D eigenvalue weighted by atomic mass is 79.9. The van der Waals surface area contributed by atoms with Crippen molar-refractivity contribution < 1.29 is 4.74 Å². The summed E-state index contributed by atoms with van der Waals surface area (Å²) in [6.07, 6.45) is 2.86. The maximum atomic E-state index is 5.51. The van der Waals surface area contributed by atoms with Crippen molar-refractivity contribution in [3.05, 3.63) is 51.8 Å². The molecule has 0 aliphatic carbocycles. The van der Waals surface area contributed by atoms with Crippen LogP contribution in [0.3, 0.4) is 0 Å². The normalized spacial score (nSPS) is 12.9. The predicted molar refractivity (Wildman–Crippen MR) is 79.6 cm³/mol. The molecule has 0 bridgehead atoms. The SMILES string of the molecule is Cc1cc(NCc2ccc3c(c2)CCO3)cnc1Br. The summed E-state index contributed by atoms with van der Waals surface area (Å²) in [5.41, 5.74) is 4.75. The topological polar surface area (TPSA) is 34.1 Å². The maximum Gasteiger partial charge on any atom is 0.122 e. The molecule has 0 saturated carbocycles. The van der Waals surface area contributed by atoms with E-state index in [0.29, 0.717) is 0 Å². The smallest absolute Gasteiger partial charge is 0.122 e. The number of nitrogens with one attached hydrogen (secondary N) is 1. The van der Waals surface area contributed by atoms with Crippen LogP contribution in [0, 0.1) is 6.92 Å². The Kier molecular flexibility index (Phi) is 3.42. The van der Waals surface area contributed by atoms with Crippen molar-refractivity contribution in [2.24, 2.45) is 0 Å². The Balaban J connectivity index is 1.70. The summed E-state index contributed by atoms with van der Waals surface area (Å²) in [7, 11) is 0. The van der Waals surface area contributed by atoms with Gasteiger partial charge in [-0.15, -0.1) is 0 Å². The molecule has 1 aliphatic rings. The van der Waals surface area contributed by atoms with Crippen LogP contribution in [-0.2, 0) is 13.0 Å². The van der Waals surface area contributed by atoms with E-state index in [1.165, 1.54) is 11.1 Å². The molecule has 1 N–H and O–H groups in total. The van der Waals surface area contributed by atoms with E-state index in [9.17, 15) is 0 Å². The molecule has 3 nitrogen and oxygen atoms in total. The number of hydrogen-bond acceptors (Lipinski definition) is 3. The maximum absolute atomic E-state index is 5.51. The molecule has 2 aromatic rings. The molecule has 0 unspecified atom stereocenters. The summed E-state index contributed by atoms with van der Waals surface area (Å²) in [5, 5.41) is 3.40. The zero-order valence-corrected chi connectivity index (χ0v) is 12.3. The number of benzene rings is 1. The van der Waals surface area contributed by atoms with Gasteiger partial charge in [0.2, 0.25) is 0 Å². The Bertz CT molecular complexity index is 613. The molecule has 1 aliphatic heterocycles. The molecule has 0 amide bonds. The van der Waals surface area contributed by atoms with E-state index in [-0.39, 0.29) is 0 Å². The highest BCUT2D eigenvalue weighted by Gasteiger charge is 2.11. The van der Waals surface area contributed by atoms with Gasteiger partial charge in [0.15, 0.2) is 0 Å². The van der Waals surface area contributed by atoms with Crippen LogP contribution in [0.2, 0.25) is 0 Å². The second kappa shape index (κ2) is 5.21. The van der Waals surface area contributed by atoms with E-state index in [1.807, 2.05) is 13.1 Å². The number of anilines is 1. The van der Waals surface area contributed by atoms with Crippen LogP contribution in [0.4, 0.5) is 5.69 Å². The Labute approximate surface area is 121 Å². The van der Waals surface area contributed by atoms with Crippen molar-refractivity contribution in [1.29, 1.82) is 0 Å². The summed E-state index contributed by atoms with van der Waals surface area (Å²) < 4.78 is 6.41. The van der Waals surface area contributed by atoms with E-state index < -0.39 is 0 Å². The highest BCUT2D eigenvalue weighted by molar-refractivity contribution is 9.10. The number of pyridine rings is 1. The minimum Gasteiger partial charge on any atom is -0.493 e. The number of fused-ring (bicyclic) bond motifs is 1. The van der Waals surface area contributed by atoms with Crippen molar-refractivity contribution in [3.8, 4) is 5.75 Å². The van der Waals surface area contributed by atoms with Gasteiger partial charge in [0.05, 0.1) is 18.5 Å². The molecule has 0 spiro atoms. The first-order valence-electron chi connectivity index (χ1n) is 6.33. The van der Waals surface area contributed by atoms with Crippen molar-refractivity contribution >= 4 is 21.6 Å². The average molecular weight is 319 g/mol. The van der Waals surface area contributed by atoms with E-state index in [2.05, 4.69) is 50.5 Å². The summed E-state index contributed by atoms with van der Waals surface area (Å²) in [4.78, 5) is 4.28. The Morgan fingerprint density at radius 2 is 2.26 bits per heavy atom. The molecule has 0 saturated heterocycles. The van der Waals surface area contributed by atoms with Gasteiger partial charge in [0.25, 0.3) is 0 Å². The lowest BCUT2D eigenvalue weighted by Crippen LogP contribution is -2.00. The largest absolute Gasteiger partial charge is 0.493 e. The fourth-order valence-electron chi connectivity index (χ4n) is 2.21. The minimum absolute atomic E-state index is 0.802. The standard InChI is InChI=1S/C15H15BrN2O/c1-10-6-13(9-18-15(10)16)17-8-11-2-3-14-12(7-11)4-5-19-14/h2-3,6-7,9,17H,4-5,8H2,1H3. The number of nitrogens with zero attached hydrogens (tertiary/aromatic N) is 1. The third kappa shape index (κ3) is 2.73. The first kappa shape index (κ1) is 12.5. The van der Waals surface area contributed by atoms with Crippen LogP contribution in [0.25, 0.3) is 0 Å². The number of aryl methyl sites for hydroxylation is 1. The number of ether oxygens (including phenoxy) is 1. The lowest BCUT2D eigenvalue weighted by atomic mass is 10.1. The number of hydrogen-bond donors (Lipinski definition) is 1. The van der Waals surface area contributed by atoms with E-state index in [1.54, 1.807) is 0 Å². The van der Waals surface area contributed by atoms with Crippen LogP contribution in [0.15, 0.2) is 35.1 Å². The number of aromatic nitrogens is 1. The van der Waals surface area contributed by atoms with Gasteiger partial charge in [0, 0.05) is 13.0 Å². The summed E-state index contributed by atoms with van der Waals surface area (Å²) in [6, 6.07) is 8.47. The first-order valence-corrected chi connectivity index (χ1v) is 7.12. The van der Waals surface area contributed by atoms with Gasteiger partial charge in [-0.1, -0.05) is 12.1 Å². The first-order chi connectivity index (χ1) is 9.22. The molecule has 3 rings (SSSR count). The average Bonchev–Trinajstić information content (AvgIpc) is 2.87. The number of halogens is 1. The highest BCUT2D eigenvalue weighted by Crippen LogP contribution is 2.26. The van der Waals surface area contributed by atoms with Crippen LogP contribution < -0.4 is 10.1 Å². The molecule has 0 fully saturated rings. The van der Waals surface area contributed by atoms with Crippen LogP contribution in [0.5, 0.6) is 5.75 Å². The third-order valence-corrected chi connectivity index (χ3v) is 4.10. The Morgan fingerprint density at radius 1 is 1.37 bits per heavy atom. The van der Waals surface area contributed by atoms with Crippen molar-refractivity contribution in [3.63, 3.8) is 0 Å². The van der Waals surface area contributed by atoms with Gasteiger partial charge in [-0.25, -0.2) is 4.98 Å². The quantitative estimate of drug-likeness (QED) is 0.876. The van der Waals surface area contributed by atoms with E-state index >= 15 is 0 Å². The Morgan fingerprint density at radius 3 is 3.11 bits per heavy atom. The fraction of sp³-hybridized carbons (Fsp3) is 0.267. The van der Waals surface area contributed by atoms with Crippen LogP contribution >= 0.6 is 15.9 Å². The number of rotatable bonds is 3. The van der Waals surface area contributed by atoms with Crippen molar-refractivity contribution in [2.75, 3.05) is 11.9 Å². The zero-order valence-electron chi connectivity index (χ0n) is 10.7. The van der Waals surface area contributed by atoms with Crippen LogP contribution in [-0.4, -0.2) is 11.6 Å². The third-order valence-electron chi connectivity index (χ3n) is 3.26. The van der Waals surface area contributed by atoms with Crippen molar-refractivity contribution in [2.45, 2.75) is 19.9 Å². The molecule has 98 valence electrons. The van der Waals surface area contributed by atoms with Gasteiger partial charge in [-0.2, -0.15) is 0 Å². The second-order valence-electron chi connectivity index (χ2n) is 4.73. The molecule has 0 radical (unpaired) electrons. The van der Waals surface area contributed by atoms with E-state index in [0.717, 1.165) is 41.2 Å².